The number of oxime groups is 1. The molecule has 1 heterocycles. The summed E-state index contributed by atoms with van der Waals surface area (Å²) in [5.74, 6) is -2.60. The van der Waals surface area contributed by atoms with E-state index < -0.39 is 47.9 Å². The molecule has 1 saturated heterocycles. The summed E-state index contributed by atoms with van der Waals surface area (Å²) in [4.78, 5) is 61.4. The molecule has 1 aromatic carbocycles. The Balaban J connectivity index is 2.35. The predicted molar refractivity (Wildman–Crippen MR) is 216 cm³/mol. The van der Waals surface area contributed by atoms with Crippen LogP contribution in [0.2, 0.25) is 0 Å². The number of hydrogen-bond donors (Lipinski definition) is 1. The van der Waals surface area contributed by atoms with Crippen LogP contribution in [0.1, 0.15) is 93.1 Å². The number of likely N-dealkylation sites (N-methyl/N-ethyl adjacent to an activating group) is 2. The molecule has 318 valence electrons. The van der Waals surface area contributed by atoms with Gasteiger partial charge < -0.3 is 29.2 Å². The number of amides is 2. The van der Waals surface area contributed by atoms with Crippen LogP contribution in [0.25, 0.3) is 0 Å². The highest BCUT2D eigenvalue weighted by molar-refractivity contribution is 6.03. The first-order valence-corrected chi connectivity index (χ1v) is 20.1. The maximum absolute atomic E-state index is 14.4. The molecule has 1 fully saturated rings. The first-order chi connectivity index (χ1) is 26.3. The second kappa shape index (κ2) is 22.6. The summed E-state index contributed by atoms with van der Waals surface area (Å²) >= 11 is 0. The van der Waals surface area contributed by atoms with Crippen LogP contribution in [0.15, 0.2) is 29.4 Å². The normalized spacial score (nSPS) is 20.8. The smallest absolute Gasteiger partial charge is 0.226 e. The second-order valence-corrected chi connectivity index (χ2v) is 16.7. The highest BCUT2D eigenvalue weighted by Crippen LogP contribution is 2.32. The van der Waals surface area contributed by atoms with Crippen molar-refractivity contribution in [2.75, 3.05) is 49.0 Å². The fraction of sp³-hybridized carbons (Fsp3) is 0.744. The molecule has 56 heavy (non-hydrogen) atoms. The van der Waals surface area contributed by atoms with E-state index in [0.717, 1.165) is 6.42 Å². The number of Topliss-reactive ketones (excluding diaryl/α,β-unsaturated/α-hetero) is 2. The first-order valence-electron chi connectivity index (χ1n) is 20.1. The topological polar surface area (TPSA) is 138 Å². The van der Waals surface area contributed by atoms with E-state index in [1.54, 1.807) is 44.9 Å². The Kier molecular flexibility index (Phi) is 19.7. The van der Waals surface area contributed by atoms with Crippen molar-refractivity contribution in [3.63, 3.8) is 0 Å². The summed E-state index contributed by atoms with van der Waals surface area (Å²) in [6, 6.07) is 4.29. The zero-order valence-corrected chi connectivity index (χ0v) is 36.5. The number of ketones is 2. The number of rotatable bonds is 23. The maximum atomic E-state index is 14.4. The molecule has 10 atom stereocenters. The molecule has 0 bridgehead atoms. The predicted octanol–water partition coefficient (Wildman–Crippen LogP) is 5.96. The number of carbonyl (C=O) groups excluding carboxylic acids is 4. The fourth-order valence-electron chi connectivity index (χ4n) is 8.60. The van der Waals surface area contributed by atoms with Gasteiger partial charge in [-0.1, -0.05) is 79.1 Å². The van der Waals surface area contributed by atoms with Crippen molar-refractivity contribution in [1.29, 1.82) is 0 Å². The third kappa shape index (κ3) is 12.4. The molecule has 12 nitrogen and oxygen atoms in total. The van der Waals surface area contributed by atoms with Crippen LogP contribution >= 0.6 is 0 Å². The van der Waals surface area contributed by atoms with Crippen LogP contribution < -0.4 is 0 Å². The largest absolute Gasteiger partial charge is 0.411 e. The van der Waals surface area contributed by atoms with Gasteiger partial charge in [-0.25, -0.2) is 4.39 Å². The van der Waals surface area contributed by atoms with Crippen LogP contribution in [0.5, 0.6) is 0 Å². The quantitative estimate of drug-likeness (QED) is 0.0809. The maximum Gasteiger partial charge on any atom is 0.226 e. The molecule has 0 aromatic heterocycles. The molecule has 1 N–H and O–H groups in total. The summed E-state index contributed by atoms with van der Waals surface area (Å²) < 4.78 is 31.3. The van der Waals surface area contributed by atoms with Crippen molar-refractivity contribution in [2.45, 2.75) is 124 Å². The van der Waals surface area contributed by atoms with Crippen molar-refractivity contribution in [3.8, 4) is 0 Å². The molecule has 1 aliphatic heterocycles. The van der Waals surface area contributed by atoms with Gasteiger partial charge in [0.2, 0.25) is 11.8 Å². The van der Waals surface area contributed by atoms with Crippen LogP contribution in [0.4, 0.5) is 4.39 Å². The van der Waals surface area contributed by atoms with Crippen molar-refractivity contribution >= 4 is 29.1 Å². The van der Waals surface area contributed by atoms with Crippen LogP contribution in [-0.4, -0.2) is 134 Å². The molecule has 1 aromatic rings. The minimum absolute atomic E-state index is 0.0266. The lowest BCUT2D eigenvalue weighted by Gasteiger charge is -2.41. The van der Waals surface area contributed by atoms with E-state index in [-0.39, 0.29) is 78.3 Å². The average molecular weight is 791 g/mol. The van der Waals surface area contributed by atoms with Gasteiger partial charge in [-0.15, -0.1) is 0 Å². The van der Waals surface area contributed by atoms with Gasteiger partial charge in [0.15, 0.2) is 5.78 Å². The Morgan fingerprint density at radius 1 is 0.893 bits per heavy atom. The van der Waals surface area contributed by atoms with E-state index in [1.165, 1.54) is 31.4 Å². The lowest BCUT2D eigenvalue weighted by molar-refractivity contribution is -0.149. The molecule has 2 amide bonds. The van der Waals surface area contributed by atoms with Gasteiger partial charge in [0, 0.05) is 65.5 Å². The van der Waals surface area contributed by atoms with Crippen molar-refractivity contribution in [3.05, 3.63) is 35.6 Å². The lowest BCUT2D eigenvalue weighted by atomic mass is 9.83. The van der Waals surface area contributed by atoms with Crippen molar-refractivity contribution in [1.82, 2.24) is 14.7 Å². The zero-order valence-electron chi connectivity index (χ0n) is 36.5. The number of hydrogen-bond acceptors (Lipinski definition) is 10. The van der Waals surface area contributed by atoms with E-state index in [0.29, 0.717) is 18.5 Å². The zero-order chi connectivity index (χ0) is 42.6. The van der Waals surface area contributed by atoms with Crippen molar-refractivity contribution in [2.24, 2.45) is 40.7 Å². The van der Waals surface area contributed by atoms with Gasteiger partial charge in [0.25, 0.3) is 0 Å². The lowest BCUT2D eigenvalue weighted by Crippen LogP contribution is -2.54. The minimum atomic E-state index is -0.670. The van der Waals surface area contributed by atoms with Crippen molar-refractivity contribution < 1.29 is 43.0 Å². The van der Waals surface area contributed by atoms with Gasteiger partial charge in [-0.2, -0.15) is 0 Å². The van der Waals surface area contributed by atoms with E-state index in [2.05, 4.69) is 5.16 Å². The number of methoxy groups -OCH3 is 3. The van der Waals surface area contributed by atoms with Gasteiger partial charge in [-0.3, -0.25) is 24.1 Å². The third-order valence-electron chi connectivity index (χ3n) is 12.0. The van der Waals surface area contributed by atoms with Gasteiger partial charge >= 0.3 is 0 Å². The summed E-state index contributed by atoms with van der Waals surface area (Å²) in [6.07, 6.45) is -0.316. The molecule has 0 aliphatic carbocycles. The molecule has 2 rings (SSSR count). The number of ether oxygens (including phenoxy) is 3. The Bertz CT molecular complexity index is 1450. The standard InChI is InChI=1S/C43H71FN4O8/c1-15-27(6)41(47(11)43(52)33(25(2)3)22-36(50)40(26(4)5)46(9)10)37(55-13)23-38(51)48-24-32(54-12)21-34(48)42(56-14)29(8)35(49)20-28(7)39(45-53)30-16-18-31(44)19-17-30/h16-19,25-29,32-34,37,40-42,53H,15,20-24H2,1-14H3/t27-,28-,29-,32+,33-,34?,37+,40-,41-,42+/m0/s1. The highest BCUT2D eigenvalue weighted by atomic mass is 19.1. The SMILES string of the molecule is CC[C@H](C)[C@@H]([C@@H](CC(=O)N1C[C@H](OC)CC1[C@H](OC)[C@@H](C)C(=O)C[C@H](C)C(=NO)c1ccc(F)cc1)OC)N(C)C(=O)[C@@H](CC(=O)[C@H](C(C)C)N(C)C)C(C)C. The summed E-state index contributed by atoms with van der Waals surface area (Å²) in [6.45, 7) is 15.9. The average Bonchev–Trinajstić information content (AvgIpc) is 3.58. The number of benzene rings is 1. The summed E-state index contributed by atoms with van der Waals surface area (Å²) in [5.41, 5.74) is 0.773. The molecular formula is C43H71FN4O8. The van der Waals surface area contributed by atoms with E-state index >= 15 is 0 Å². The Hall–Kier alpha value is -3.26. The molecular weight excluding hydrogens is 719 g/mol. The summed E-state index contributed by atoms with van der Waals surface area (Å²) in [5, 5.41) is 13.2. The molecule has 0 spiro atoms. The molecule has 0 radical (unpaired) electrons. The van der Waals surface area contributed by atoms with Gasteiger partial charge in [-0.05, 0) is 56.0 Å². The Morgan fingerprint density at radius 3 is 1.96 bits per heavy atom. The second-order valence-electron chi connectivity index (χ2n) is 16.7. The van der Waals surface area contributed by atoms with Crippen LogP contribution in [-0.2, 0) is 33.4 Å². The van der Waals surface area contributed by atoms with E-state index in [1.807, 2.05) is 60.5 Å². The molecule has 1 unspecified atom stereocenters. The number of nitrogens with zero attached hydrogens (tertiary/aromatic N) is 4. The Labute approximate surface area is 335 Å². The number of carbonyl (C=O) groups is 4. The van der Waals surface area contributed by atoms with E-state index in [4.69, 9.17) is 14.2 Å². The van der Waals surface area contributed by atoms with Gasteiger partial charge in [0.05, 0.1) is 48.6 Å². The monoisotopic (exact) mass is 791 g/mol. The first kappa shape index (κ1) is 48.9. The molecule has 13 heteroatoms. The number of likely N-dealkylation sites (tertiary alicyclic amines) is 1. The van der Waals surface area contributed by atoms with Crippen LogP contribution in [0.3, 0.4) is 0 Å². The van der Waals surface area contributed by atoms with E-state index in [9.17, 15) is 28.8 Å². The minimum Gasteiger partial charge on any atom is -0.411 e. The van der Waals surface area contributed by atoms with Crippen LogP contribution in [0, 0.1) is 41.3 Å². The molecule has 1 aliphatic rings. The van der Waals surface area contributed by atoms with Gasteiger partial charge in [0.1, 0.15) is 11.6 Å². The molecule has 0 saturated carbocycles. The fourth-order valence-corrected chi connectivity index (χ4v) is 8.60. The third-order valence-corrected chi connectivity index (χ3v) is 12.0. The summed E-state index contributed by atoms with van der Waals surface area (Å²) in [7, 11) is 10.2. The Morgan fingerprint density at radius 2 is 1.50 bits per heavy atom. The highest BCUT2D eigenvalue weighted by Gasteiger charge is 2.46. The number of halogens is 1.